The van der Waals surface area contributed by atoms with Crippen LogP contribution in [0.1, 0.15) is 29.3 Å². The Morgan fingerprint density at radius 1 is 1.24 bits per heavy atom. The van der Waals surface area contributed by atoms with Crippen molar-refractivity contribution in [2.24, 2.45) is 5.73 Å². The van der Waals surface area contributed by atoms with E-state index in [1.807, 2.05) is 26.0 Å². The van der Waals surface area contributed by atoms with Crippen LogP contribution in [0.3, 0.4) is 0 Å². The van der Waals surface area contributed by atoms with Crippen molar-refractivity contribution in [1.29, 1.82) is 10.8 Å². The van der Waals surface area contributed by atoms with Crippen molar-refractivity contribution < 1.29 is 4.79 Å². The molecule has 33 heavy (non-hydrogen) atoms. The first kappa shape index (κ1) is 25.2. The summed E-state index contributed by atoms with van der Waals surface area (Å²) >= 11 is 0. The Hall–Kier alpha value is -4.02. The van der Waals surface area contributed by atoms with Crippen molar-refractivity contribution in [3.63, 3.8) is 0 Å². The van der Waals surface area contributed by atoms with Crippen LogP contribution in [0.15, 0.2) is 34.6 Å². The number of anilines is 2. The van der Waals surface area contributed by atoms with E-state index in [4.69, 9.17) is 16.6 Å². The van der Waals surface area contributed by atoms with Crippen molar-refractivity contribution in [3.05, 3.63) is 62.6 Å². The first-order chi connectivity index (χ1) is 15.6. The first-order valence-electron chi connectivity index (χ1n) is 10.3. The number of rotatable bonds is 12. The number of amides is 1. The van der Waals surface area contributed by atoms with Gasteiger partial charge in [0.05, 0.1) is 0 Å². The van der Waals surface area contributed by atoms with E-state index in [1.54, 1.807) is 0 Å². The Kier molecular flexibility index (Phi) is 8.84. The monoisotopic (exact) mass is 448 g/mol. The second-order valence-electron chi connectivity index (χ2n) is 7.53. The molecule has 1 aromatic carbocycles. The molecule has 1 aromatic heterocycles. The summed E-state index contributed by atoms with van der Waals surface area (Å²) < 4.78 is 0. The number of hydrogen-bond donors (Lipinski definition) is 7. The minimum atomic E-state index is -0.692. The number of carbonyl (C=O) groups is 1. The molecule has 0 fully saturated rings. The van der Waals surface area contributed by atoms with Gasteiger partial charge in [0.25, 0.3) is 0 Å². The molecule has 1 heterocycles. The average molecular weight is 448 g/mol. The fourth-order valence-electron chi connectivity index (χ4n) is 2.97. The first-order valence-corrected chi connectivity index (χ1v) is 10.3. The zero-order chi connectivity index (χ0) is 24.5. The topological polar surface area (TPSA) is 173 Å². The Balaban J connectivity index is 2.00. The van der Waals surface area contributed by atoms with Gasteiger partial charge >= 0.3 is 150 Å². The molecule has 0 radical (unpaired) electrons. The van der Waals surface area contributed by atoms with E-state index in [0.29, 0.717) is 13.1 Å². The number of primary amides is 1. The minimum absolute atomic E-state index is 0.112. The molecule has 0 atom stereocenters. The summed E-state index contributed by atoms with van der Waals surface area (Å²) in [5.74, 6) is -0.422. The van der Waals surface area contributed by atoms with Crippen molar-refractivity contribution in [2.75, 3.05) is 23.7 Å². The molecule has 10 nitrogen and oxygen atoms in total. The standard InChI is InChI=1S/C22H29BN8O2/c1-12-4-5-15(8-13(12)2)11-29-22-30-17(10-24)18(21(33)31-22)27-6-7-28-19(23)16(20(26)32)9-14(3)25/h4-5,8-10,23-25,27-28H,6-7,11H2,1-3H3,(H2,26,32)(H2,29,30,31,33)/b16-9-,24-10?,25-14?. The van der Waals surface area contributed by atoms with Crippen molar-refractivity contribution >= 4 is 42.5 Å². The van der Waals surface area contributed by atoms with E-state index in [1.165, 1.54) is 24.1 Å². The summed E-state index contributed by atoms with van der Waals surface area (Å²) in [6.07, 6.45) is 2.34. The SMILES string of the molecule is B=C(NCCNc1c(C=N)nc(NCc2ccc(C)c(C)c2)[nH]c1=O)/C(=C/C(C)=N)C(N)=O. The van der Waals surface area contributed by atoms with E-state index >= 15 is 0 Å². The fourth-order valence-corrected chi connectivity index (χ4v) is 2.97. The number of hydrogen-bond acceptors (Lipinski definition) is 8. The summed E-state index contributed by atoms with van der Waals surface area (Å²) in [4.78, 5) is 31.0. The van der Waals surface area contributed by atoms with Crippen LogP contribution < -0.4 is 27.2 Å². The third kappa shape index (κ3) is 7.27. The van der Waals surface area contributed by atoms with Gasteiger partial charge in [-0.3, -0.25) is 0 Å². The zero-order valence-electron chi connectivity index (χ0n) is 19.1. The number of aryl methyl sites for hydroxylation is 2. The number of H-pyrrole nitrogens is 1. The van der Waals surface area contributed by atoms with E-state index in [2.05, 4.69) is 39.5 Å². The van der Waals surface area contributed by atoms with Gasteiger partial charge in [-0.25, -0.2) is 0 Å². The van der Waals surface area contributed by atoms with Gasteiger partial charge in [-0.2, -0.15) is 0 Å². The molecule has 0 aliphatic carbocycles. The van der Waals surface area contributed by atoms with E-state index in [0.717, 1.165) is 11.8 Å². The van der Waals surface area contributed by atoms with Gasteiger partial charge < -0.3 is 0 Å². The molecule has 11 heteroatoms. The van der Waals surface area contributed by atoms with Crippen molar-refractivity contribution in [3.8, 4) is 0 Å². The summed E-state index contributed by atoms with van der Waals surface area (Å²) in [6.45, 7) is 6.68. The number of carbonyl (C=O) groups excluding carboxylic acids is 1. The van der Waals surface area contributed by atoms with Gasteiger partial charge in [0.15, 0.2) is 0 Å². The molecule has 0 aliphatic rings. The molecule has 1 amide bonds. The maximum absolute atomic E-state index is 12.5. The Labute approximate surface area is 193 Å². The van der Waals surface area contributed by atoms with E-state index < -0.39 is 11.5 Å². The molecule has 8 N–H and O–H groups in total. The Morgan fingerprint density at radius 2 is 1.97 bits per heavy atom. The van der Waals surface area contributed by atoms with Crippen LogP contribution in [-0.2, 0) is 11.3 Å². The molecule has 0 saturated carbocycles. The van der Waals surface area contributed by atoms with Crippen LogP contribution in [0, 0.1) is 24.7 Å². The van der Waals surface area contributed by atoms with Crippen LogP contribution in [0.5, 0.6) is 0 Å². The van der Waals surface area contributed by atoms with E-state index in [-0.39, 0.29) is 40.7 Å². The number of aromatic nitrogens is 2. The third-order valence-electron chi connectivity index (χ3n) is 4.83. The van der Waals surface area contributed by atoms with Gasteiger partial charge in [-0.05, 0) is 25.0 Å². The normalized spacial score (nSPS) is 10.9. The third-order valence-corrected chi connectivity index (χ3v) is 4.83. The number of aromatic amines is 1. The predicted octanol–water partition coefficient (Wildman–Crippen LogP) is 0.480. The summed E-state index contributed by atoms with van der Waals surface area (Å²) in [5, 5.41) is 24.1. The van der Waals surface area contributed by atoms with Crippen LogP contribution >= 0.6 is 0 Å². The van der Waals surface area contributed by atoms with Gasteiger partial charge in [0.1, 0.15) is 0 Å². The molecule has 0 aliphatic heterocycles. The van der Waals surface area contributed by atoms with Crippen molar-refractivity contribution in [2.45, 2.75) is 27.3 Å². The zero-order valence-corrected chi connectivity index (χ0v) is 19.1. The molecule has 2 rings (SSSR count). The molecular formula is C22H29BN8O2. The number of nitrogens with one attached hydrogen (secondary N) is 6. The van der Waals surface area contributed by atoms with E-state index in [9.17, 15) is 9.59 Å². The summed E-state index contributed by atoms with van der Waals surface area (Å²) in [7, 11) is 3.76. The number of nitrogens with two attached hydrogens (primary N) is 1. The number of allylic oxidation sites excluding steroid dienone is 1. The molecular weight excluding hydrogens is 419 g/mol. The quantitative estimate of drug-likeness (QED) is 0.108. The second-order valence-corrected chi connectivity index (χ2v) is 7.53. The van der Waals surface area contributed by atoms with Gasteiger partial charge in [-0.15, -0.1) is 0 Å². The number of nitrogens with zero attached hydrogens (tertiary/aromatic N) is 1. The van der Waals surface area contributed by atoms with Crippen LogP contribution in [-0.4, -0.2) is 54.0 Å². The summed E-state index contributed by atoms with van der Waals surface area (Å²) in [6, 6.07) is 6.11. The molecule has 2 aromatic rings. The molecule has 0 bridgehead atoms. The molecule has 172 valence electrons. The maximum atomic E-state index is 12.5. The predicted molar refractivity (Wildman–Crippen MR) is 135 cm³/mol. The molecule has 0 unspecified atom stereocenters. The molecule has 0 spiro atoms. The van der Waals surface area contributed by atoms with Gasteiger partial charge in [0.2, 0.25) is 0 Å². The van der Waals surface area contributed by atoms with Gasteiger partial charge in [0, 0.05) is 0 Å². The van der Waals surface area contributed by atoms with Crippen LogP contribution in [0.25, 0.3) is 0 Å². The summed E-state index contributed by atoms with van der Waals surface area (Å²) in [5.41, 5.74) is 9.26. The number of benzene rings is 1. The van der Waals surface area contributed by atoms with Crippen molar-refractivity contribution in [1.82, 2.24) is 15.3 Å². The van der Waals surface area contributed by atoms with Crippen LogP contribution in [0.4, 0.5) is 11.6 Å². The fraction of sp³-hybridized carbons (Fsp3) is 0.273. The Bertz CT molecular complexity index is 1170. The van der Waals surface area contributed by atoms with Gasteiger partial charge in [-0.1, -0.05) is 18.2 Å². The van der Waals surface area contributed by atoms with Crippen LogP contribution in [0.2, 0.25) is 0 Å². The average Bonchev–Trinajstić information content (AvgIpc) is 2.76. The molecule has 0 saturated heterocycles. The Morgan fingerprint density at radius 3 is 2.58 bits per heavy atom. The second kappa shape index (κ2) is 11.6.